The smallest absolute Gasteiger partial charge is 0.271 e. The summed E-state index contributed by atoms with van der Waals surface area (Å²) in [5, 5.41) is 17.1. The van der Waals surface area contributed by atoms with Gasteiger partial charge in [-0.1, -0.05) is 0 Å². The summed E-state index contributed by atoms with van der Waals surface area (Å²) in [6.07, 6.45) is 0.103. The molecule has 1 aromatic heterocycles. The molecule has 0 spiro atoms. The van der Waals surface area contributed by atoms with Gasteiger partial charge in [0.05, 0.1) is 28.7 Å². The van der Waals surface area contributed by atoms with E-state index < -0.39 is 4.92 Å². The number of nitro groups is 1. The Hall–Kier alpha value is -2.19. The van der Waals surface area contributed by atoms with E-state index >= 15 is 0 Å². The van der Waals surface area contributed by atoms with Gasteiger partial charge in [0.1, 0.15) is 0 Å². The lowest BCUT2D eigenvalue weighted by atomic mass is 10.3. The Morgan fingerprint density at radius 2 is 2.45 bits per heavy atom. The number of benzene rings is 1. The average Bonchev–Trinajstić information content (AvgIpc) is 2.88. The van der Waals surface area contributed by atoms with Crippen LogP contribution in [0.1, 0.15) is 0 Å². The molecule has 8 nitrogen and oxygen atoms in total. The number of anilines is 1. The molecule has 0 aliphatic carbocycles. The number of fused-ring (bicyclic) bond motifs is 1. The molecule has 1 atom stereocenters. The van der Waals surface area contributed by atoms with Crippen molar-refractivity contribution < 1.29 is 9.66 Å². The molecular formula is C12H15N5O3. The Labute approximate surface area is 114 Å². The molecule has 20 heavy (non-hydrogen) atoms. The van der Waals surface area contributed by atoms with Crippen LogP contribution in [0.25, 0.3) is 11.0 Å². The van der Waals surface area contributed by atoms with Crippen LogP contribution < -0.4 is 10.6 Å². The van der Waals surface area contributed by atoms with Crippen molar-refractivity contribution >= 4 is 22.7 Å². The lowest BCUT2D eigenvalue weighted by molar-refractivity contribution is -0.384. The van der Waals surface area contributed by atoms with Crippen LogP contribution in [0.15, 0.2) is 18.2 Å². The molecule has 1 unspecified atom stereocenters. The Morgan fingerprint density at radius 3 is 3.20 bits per heavy atom. The maximum absolute atomic E-state index is 10.7. The largest absolute Gasteiger partial charge is 0.374 e. The number of hydrogen-bond donors (Lipinski definition) is 3. The number of nitro benzene ring substituents is 1. The zero-order chi connectivity index (χ0) is 13.9. The molecule has 8 heteroatoms. The minimum absolute atomic E-state index is 0.0486. The highest BCUT2D eigenvalue weighted by molar-refractivity contribution is 5.79. The summed E-state index contributed by atoms with van der Waals surface area (Å²) in [5.74, 6) is 0.592. The topological polar surface area (TPSA) is 105 Å². The predicted octanol–water partition coefficient (Wildman–Crippen LogP) is 0.871. The Kier molecular flexibility index (Phi) is 3.48. The predicted molar refractivity (Wildman–Crippen MR) is 73.8 cm³/mol. The van der Waals surface area contributed by atoms with Crippen LogP contribution in [0.5, 0.6) is 0 Å². The van der Waals surface area contributed by atoms with Gasteiger partial charge in [-0.25, -0.2) is 4.98 Å². The van der Waals surface area contributed by atoms with Crippen molar-refractivity contribution in [3.8, 4) is 0 Å². The number of non-ortho nitro benzene ring substituents is 1. The Bertz CT molecular complexity index is 621. The second-order valence-electron chi connectivity index (χ2n) is 4.62. The number of rotatable bonds is 4. The molecule has 3 N–H and O–H groups in total. The highest BCUT2D eigenvalue weighted by Crippen LogP contribution is 2.20. The average molecular weight is 277 g/mol. The molecule has 106 valence electrons. The SMILES string of the molecule is O=[N+]([O-])c1ccc2nc(NCC3CNCCO3)[nH]c2c1. The summed E-state index contributed by atoms with van der Waals surface area (Å²) in [6.45, 7) is 3.02. The molecule has 3 rings (SSSR count). The molecular weight excluding hydrogens is 262 g/mol. The van der Waals surface area contributed by atoms with E-state index in [1.807, 2.05) is 0 Å². The number of ether oxygens (including phenoxy) is 1. The first-order valence-electron chi connectivity index (χ1n) is 6.43. The summed E-state index contributed by atoms with van der Waals surface area (Å²) in [5.41, 5.74) is 1.39. The first-order chi connectivity index (χ1) is 9.72. The fourth-order valence-electron chi connectivity index (χ4n) is 2.16. The van der Waals surface area contributed by atoms with Crippen LogP contribution in [0.4, 0.5) is 11.6 Å². The van der Waals surface area contributed by atoms with Crippen molar-refractivity contribution in [2.45, 2.75) is 6.10 Å². The zero-order valence-electron chi connectivity index (χ0n) is 10.8. The van der Waals surface area contributed by atoms with Crippen molar-refractivity contribution in [2.24, 2.45) is 0 Å². The molecule has 1 aromatic carbocycles. The fraction of sp³-hybridized carbons (Fsp3) is 0.417. The standard InChI is InChI=1S/C12H15N5O3/c18-17(19)8-1-2-10-11(5-8)16-12(15-10)14-7-9-6-13-3-4-20-9/h1-2,5,9,13H,3-4,6-7H2,(H2,14,15,16). The number of aromatic amines is 1. The Balaban J connectivity index is 1.70. The van der Waals surface area contributed by atoms with Crippen molar-refractivity contribution in [2.75, 3.05) is 31.6 Å². The van der Waals surface area contributed by atoms with Crippen LogP contribution in [0.3, 0.4) is 0 Å². The van der Waals surface area contributed by atoms with Gasteiger partial charge in [-0.15, -0.1) is 0 Å². The summed E-state index contributed by atoms with van der Waals surface area (Å²) in [6, 6.07) is 4.56. The van der Waals surface area contributed by atoms with E-state index in [-0.39, 0.29) is 11.8 Å². The van der Waals surface area contributed by atoms with Crippen molar-refractivity contribution in [1.29, 1.82) is 0 Å². The minimum atomic E-state index is -0.422. The fourth-order valence-corrected chi connectivity index (χ4v) is 2.16. The quantitative estimate of drug-likeness (QED) is 0.565. The van der Waals surface area contributed by atoms with Crippen molar-refractivity contribution in [3.63, 3.8) is 0 Å². The second-order valence-corrected chi connectivity index (χ2v) is 4.62. The molecule has 0 amide bonds. The van der Waals surface area contributed by atoms with E-state index in [1.165, 1.54) is 12.1 Å². The first kappa shape index (κ1) is 12.8. The maximum Gasteiger partial charge on any atom is 0.271 e. The van der Waals surface area contributed by atoms with Gasteiger partial charge < -0.3 is 20.4 Å². The molecule has 2 heterocycles. The molecule has 0 bridgehead atoms. The first-order valence-corrected chi connectivity index (χ1v) is 6.43. The number of H-pyrrole nitrogens is 1. The van der Waals surface area contributed by atoms with Crippen LogP contribution >= 0.6 is 0 Å². The highest BCUT2D eigenvalue weighted by Gasteiger charge is 2.14. The molecule has 1 fully saturated rings. The molecule has 0 radical (unpaired) electrons. The van der Waals surface area contributed by atoms with E-state index in [0.717, 1.165) is 13.1 Å². The van der Waals surface area contributed by atoms with Crippen LogP contribution in [0, 0.1) is 10.1 Å². The summed E-state index contributed by atoms with van der Waals surface area (Å²) in [4.78, 5) is 17.7. The van der Waals surface area contributed by atoms with E-state index in [1.54, 1.807) is 6.07 Å². The number of nitrogens with zero attached hydrogens (tertiary/aromatic N) is 2. The third kappa shape index (κ3) is 2.70. The highest BCUT2D eigenvalue weighted by atomic mass is 16.6. The van der Waals surface area contributed by atoms with Gasteiger partial charge in [-0.05, 0) is 6.07 Å². The monoisotopic (exact) mass is 277 g/mol. The summed E-state index contributed by atoms with van der Waals surface area (Å²) in [7, 11) is 0. The van der Waals surface area contributed by atoms with Crippen molar-refractivity contribution in [3.05, 3.63) is 28.3 Å². The molecule has 1 saturated heterocycles. The molecule has 2 aromatic rings. The van der Waals surface area contributed by atoms with Gasteiger partial charge in [0, 0.05) is 31.8 Å². The minimum Gasteiger partial charge on any atom is -0.374 e. The Morgan fingerprint density at radius 1 is 1.55 bits per heavy atom. The van der Waals surface area contributed by atoms with E-state index in [4.69, 9.17) is 4.74 Å². The third-order valence-electron chi connectivity index (χ3n) is 3.18. The van der Waals surface area contributed by atoms with Crippen LogP contribution in [0.2, 0.25) is 0 Å². The number of morpholine rings is 1. The third-order valence-corrected chi connectivity index (χ3v) is 3.18. The van der Waals surface area contributed by atoms with Gasteiger partial charge in [-0.3, -0.25) is 10.1 Å². The number of nitrogens with one attached hydrogen (secondary N) is 3. The van der Waals surface area contributed by atoms with Gasteiger partial charge in [0.2, 0.25) is 5.95 Å². The number of hydrogen-bond acceptors (Lipinski definition) is 6. The lowest BCUT2D eigenvalue weighted by Gasteiger charge is -2.23. The van der Waals surface area contributed by atoms with Gasteiger partial charge in [-0.2, -0.15) is 0 Å². The summed E-state index contributed by atoms with van der Waals surface area (Å²) < 4.78 is 5.57. The normalized spacial score (nSPS) is 19.1. The second kappa shape index (κ2) is 5.43. The van der Waals surface area contributed by atoms with Crippen LogP contribution in [-0.2, 0) is 4.74 Å². The van der Waals surface area contributed by atoms with Gasteiger partial charge in [0.25, 0.3) is 5.69 Å². The molecule has 0 saturated carbocycles. The zero-order valence-corrected chi connectivity index (χ0v) is 10.8. The van der Waals surface area contributed by atoms with Gasteiger partial charge >= 0.3 is 0 Å². The maximum atomic E-state index is 10.7. The molecule has 1 aliphatic heterocycles. The number of imidazole rings is 1. The van der Waals surface area contributed by atoms with E-state index in [2.05, 4.69) is 20.6 Å². The summed E-state index contributed by atoms with van der Waals surface area (Å²) >= 11 is 0. The van der Waals surface area contributed by atoms with Crippen molar-refractivity contribution in [1.82, 2.24) is 15.3 Å². The van der Waals surface area contributed by atoms with E-state index in [9.17, 15) is 10.1 Å². The van der Waals surface area contributed by atoms with E-state index in [0.29, 0.717) is 30.1 Å². The van der Waals surface area contributed by atoms with Gasteiger partial charge in [0.15, 0.2) is 0 Å². The number of aromatic nitrogens is 2. The lowest BCUT2D eigenvalue weighted by Crippen LogP contribution is -2.42. The van der Waals surface area contributed by atoms with Crippen LogP contribution in [-0.4, -0.2) is 47.2 Å². The molecule has 1 aliphatic rings.